The van der Waals surface area contributed by atoms with Crippen LogP contribution >= 0.6 is 0 Å². The molecule has 1 N–H and O–H groups in total. The quantitative estimate of drug-likeness (QED) is 0.434. The Labute approximate surface area is 177 Å². The van der Waals surface area contributed by atoms with Crippen LogP contribution in [0.4, 0.5) is 0 Å². The van der Waals surface area contributed by atoms with Gasteiger partial charge in [-0.25, -0.2) is 0 Å². The number of fused-ring (bicyclic) bond motifs is 1. The monoisotopic (exact) mass is 394 g/mol. The molecule has 3 heteroatoms. The fraction of sp³-hybridized carbons (Fsp3) is 0.185. The Bertz CT molecular complexity index is 1150. The second-order valence-electron chi connectivity index (χ2n) is 7.65. The van der Waals surface area contributed by atoms with E-state index in [1.54, 1.807) is 0 Å². The van der Waals surface area contributed by atoms with Crippen LogP contribution in [0.3, 0.4) is 0 Å². The summed E-state index contributed by atoms with van der Waals surface area (Å²) in [6.45, 7) is 4.63. The molecule has 4 rings (SSSR count). The van der Waals surface area contributed by atoms with Gasteiger partial charge in [-0.3, -0.25) is 9.78 Å². The molecule has 30 heavy (non-hydrogen) atoms. The molecule has 0 spiro atoms. The number of carbonyl (C=O) groups is 1. The average molecular weight is 395 g/mol. The highest BCUT2D eigenvalue weighted by Gasteiger charge is 2.18. The van der Waals surface area contributed by atoms with Crippen molar-refractivity contribution in [1.82, 2.24) is 10.3 Å². The molecule has 0 bridgehead atoms. The van der Waals surface area contributed by atoms with Crippen molar-refractivity contribution in [3.8, 4) is 11.1 Å². The first kappa shape index (κ1) is 19.8. The molecule has 3 nitrogen and oxygen atoms in total. The maximum atomic E-state index is 12.9. The number of amides is 1. The van der Waals surface area contributed by atoms with Gasteiger partial charge in [0.05, 0.1) is 5.92 Å². The number of hydrogen-bond acceptors (Lipinski definition) is 2. The number of hydrogen-bond donors (Lipinski definition) is 1. The molecule has 0 saturated carbocycles. The van der Waals surface area contributed by atoms with Crippen LogP contribution in [0.2, 0.25) is 0 Å². The predicted molar refractivity (Wildman–Crippen MR) is 123 cm³/mol. The number of carbonyl (C=O) groups excluding carboxylic acids is 1. The molecule has 1 atom stereocenters. The van der Waals surface area contributed by atoms with Crippen LogP contribution in [0, 0.1) is 6.92 Å². The zero-order chi connectivity index (χ0) is 20.9. The lowest BCUT2D eigenvalue weighted by Crippen LogP contribution is -2.28. The van der Waals surface area contributed by atoms with Gasteiger partial charge in [0, 0.05) is 24.3 Å². The molecular formula is C27H26N2O. The summed E-state index contributed by atoms with van der Waals surface area (Å²) in [5, 5.41) is 5.36. The Morgan fingerprint density at radius 2 is 1.70 bits per heavy atom. The first-order chi connectivity index (χ1) is 14.7. The Morgan fingerprint density at radius 1 is 0.933 bits per heavy atom. The normalized spacial score (nSPS) is 11.9. The third kappa shape index (κ3) is 4.11. The zero-order valence-corrected chi connectivity index (χ0v) is 17.4. The fourth-order valence-corrected chi connectivity index (χ4v) is 3.95. The number of pyridine rings is 1. The third-order valence-electron chi connectivity index (χ3n) is 5.65. The van der Waals surface area contributed by atoms with Gasteiger partial charge in [-0.2, -0.15) is 0 Å². The first-order valence-corrected chi connectivity index (χ1v) is 10.4. The van der Waals surface area contributed by atoms with Crippen molar-refractivity contribution in [2.24, 2.45) is 0 Å². The lowest BCUT2D eigenvalue weighted by atomic mass is 9.94. The fourth-order valence-electron chi connectivity index (χ4n) is 3.95. The van der Waals surface area contributed by atoms with Gasteiger partial charge in [0.1, 0.15) is 0 Å². The molecule has 4 aromatic rings. The van der Waals surface area contributed by atoms with E-state index in [1.807, 2.05) is 49.6 Å². The van der Waals surface area contributed by atoms with Gasteiger partial charge >= 0.3 is 0 Å². The summed E-state index contributed by atoms with van der Waals surface area (Å²) in [5.41, 5.74) is 5.73. The topological polar surface area (TPSA) is 42.0 Å². The van der Waals surface area contributed by atoms with Crippen molar-refractivity contribution < 1.29 is 4.79 Å². The third-order valence-corrected chi connectivity index (χ3v) is 5.65. The molecule has 0 fully saturated rings. The van der Waals surface area contributed by atoms with Gasteiger partial charge in [0.2, 0.25) is 5.91 Å². The molecule has 150 valence electrons. The van der Waals surface area contributed by atoms with Crippen LogP contribution in [0.25, 0.3) is 21.9 Å². The van der Waals surface area contributed by atoms with Gasteiger partial charge in [-0.1, -0.05) is 79.2 Å². The number of rotatable bonds is 6. The minimum Gasteiger partial charge on any atom is -0.351 e. The van der Waals surface area contributed by atoms with E-state index in [2.05, 4.69) is 59.7 Å². The van der Waals surface area contributed by atoms with Crippen molar-refractivity contribution >= 4 is 16.7 Å². The molecule has 0 unspecified atom stereocenters. The Balaban J connectivity index is 1.60. The maximum Gasteiger partial charge on any atom is 0.227 e. The van der Waals surface area contributed by atoms with Crippen molar-refractivity contribution in [3.63, 3.8) is 0 Å². The predicted octanol–water partition coefficient (Wildman–Crippen LogP) is 6.02. The maximum absolute atomic E-state index is 12.9. The van der Waals surface area contributed by atoms with Crippen LogP contribution < -0.4 is 5.32 Å². The van der Waals surface area contributed by atoms with E-state index in [0.29, 0.717) is 6.54 Å². The van der Waals surface area contributed by atoms with Crippen molar-refractivity contribution in [2.45, 2.75) is 32.7 Å². The smallest absolute Gasteiger partial charge is 0.227 e. The molecule has 1 heterocycles. The summed E-state index contributed by atoms with van der Waals surface area (Å²) in [5.74, 6) is -0.0780. The highest BCUT2D eigenvalue weighted by atomic mass is 16.1. The molecular weight excluding hydrogens is 368 g/mol. The van der Waals surface area contributed by atoms with Crippen LogP contribution in [-0.4, -0.2) is 10.9 Å². The van der Waals surface area contributed by atoms with Gasteiger partial charge in [0.25, 0.3) is 0 Å². The highest BCUT2D eigenvalue weighted by molar-refractivity contribution is 5.98. The molecule has 0 aliphatic rings. The minimum atomic E-state index is -0.137. The van der Waals surface area contributed by atoms with Crippen LogP contribution in [0.15, 0.2) is 85.2 Å². The lowest BCUT2D eigenvalue weighted by molar-refractivity contribution is -0.122. The average Bonchev–Trinajstić information content (AvgIpc) is 2.79. The van der Waals surface area contributed by atoms with E-state index in [4.69, 9.17) is 0 Å². The molecule has 1 aromatic heterocycles. The summed E-state index contributed by atoms with van der Waals surface area (Å²) >= 11 is 0. The standard InChI is InChI=1S/C27H26N2O/c1-3-23(20-7-5-4-6-8-20)27(30)29-17-22-13-14-24(21-11-9-19(2)10-12-21)25-15-16-28-18-26(22)25/h4-16,18,23H,3,17H2,1-2H3,(H,29,30)/t23-/m0/s1. The molecule has 0 aliphatic carbocycles. The second-order valence-corrected chi connectivity index (χ2v) is 7.65. The SMILES string of the molecule is CC[C@H](C(=O)NCc1ccc(-c2ccc(C)cc2)c2ccncc12)c1ccccc1. The Morgan fingerprint density at radius 3 is 2.43 bits per heavy atom. The Kier molecular flexibility index (Phi) is 5.89. The number of nitrogens with zero attached hydrogens (tertiary/aromatic N) is 1. The van der Waals surface area contributed by atoms with Crippen LogP contribution in [-0.2, 0) is 11.3 Å². The molecule has 0 aliphatic heterocycles. The second kappa shape index (κ2) is 8.91. The lowest BCUT2D eigenvalue weighted by Gasteiger charge is -2.17. The number of aromatic nitrogens is 1. The molecule has 0 saturated heterocycles. The van der Waals surface area contributed by atoms with Crippen molar-refractivity contribution in [2.75, 3.05) is 0 Å². The van der Waals surface area contributed by atoms with Gasteiger partial charge < -0.3 is 5.32 Å². The largest absolute Gasteiger partial charge is 0.351 e. The highest BCUT2D eigenvalue weighted by Crippen LogP contribution is 2.31. The van der Waals surface area contributed by atoms with Crippen LogP contribution in [0.1, 0.15) is 36.0 Å². The summed E-state index contributed by atoms with van der Waals surface area (Å²) in [7, 11) is 0. The number of aryl methyl sites for hydroxylation is 1. The summed E-state index contributed by atoms with van der Waals surface area (Å²) in [6.07, 6.45) is 4.48. The first-order valence-electron chi connectivity index (χ1n) is 10.4. The van der Waals surface area contributed by atoms with E-state index in [0.717, 1.165) is 28.3 Å². The van der Waals surface area contributed by atoms with Gasteiger partial charge in [-0.05, 0) is 47.1 Å². The molecule has 0 radical (unpaired) electrons. The molecule has 3 aromatic carbocycles. The Hall–Kier alpha value is -3.46. The summed E-state index contributed by atoms with van der Waals surface area (Å²) in [6, 6.07) is 24.8. The molecule has 1 amide bonds. The zero-order valence-electron chi connectivity index (χ0n) is 17.4. The van der Waals surface area contributed by atoms with Crippen LogP contribution in [0.5, 0.6) is 0 Å². The van der Waals surface area contributed by atoms with Crippen molar-refractivity contribution in [3.05, 3.63) is 102 Å². The number of nitrogens with one attached hydrogen (secondary N) is 1. The van der Waals surface area contributed by atoms with E-state index in [-0.39, 0.29) is 11.8 Å². The van der Waals surface area contributed by atoms with E-state index >= 15 is 0 Å². The van der Waals surface area contributed by atoms with Crippen molar-refractivity contribution in [1.29, 1.82) is 0 Å². The van der Waals surface area contributed by atoms with Gasteiger partial charge in [0.15, 0.2) is 0 Å². The summed E-state index contributed by atoms with van der Waals surface area (Å²) < 4.78 is 0. The minimum absolute atomic E-state index is 0.0587. The van der Waals surface area contributed by atoms with E-state index in [1.165, 1.54) is 16.7 Å². The van der Waals surface area contributed by atoms with E-state index in [9.17, 15) is 4.79 Å². The van der Waals surface area contributed by atoms with E-state index < -0.39 is 0 Å². The number of benzene rings is 3. The van der Waals surface area contributed by atoms with Gasteiger partial charge in [-0.15, -0.1) is 0 Å². The summed E-state index contributed by atoms with van der Waals surface area (Å²) in [4.78, 5) is 17.2.